The Kier molecular flexibility index (Phi) is 3.51. The summed E-state index contributed by atoms with van der Waals surface area (Å²) in [6.45, 7) is 0. The van der Waals surface area contributed by atoms with Crippen LogP contribution in [0.15, 0.2) is 12.3 Å². The molecule has 0 fully saturated rings. The molecule has 0 aliphatic carbocycles. The summed E-state index contributed by atoms with van der Waals surface area (Å²) in [4.78, 5) is 13.6. The maximum atomic E-state index is 12.1. The molecular formula is C8H6F3NO5S. The van der Waals surface area contributed by atoms with Gasteiger partial charge in [-0.3, -0.25) is 0 Å². The number of sulfone groups is 1. The van der Waals surface area contributed by atoms with Gasteiger partial charge in [-0.05, 0) is 11.6 Å². The molecule has 0 amide bonds. The molecule has 0 radical (unpaired) electrons. The van der Waals surface area contributed by atoms with Crippen molar-refractivity contribution in [1.29, 1.82) is 0 Å². The molecule has 0 saturated heterocycles. The number of hydrogen-bond donors (Lipinski definition) is 2. The first-order valence-corrected chi connectivity index (χ1v) is 5.90. The summed E-state index contributed by atoms with van der Waals surface area (Å²) in [6.07, 6.45) is 0.645. The molecule has 18 heavy (non-hydrogen) atoms. The van der Waals surface area contributed by atoms with Crippen molar-refractivity contribution in [2.45, 2.75) is 11.3 Å². The zero-order chi connectivity index (χ0) is 14.1. The molecule has 2 N–H and O–H groups in total. The van der Waals surface area contributed by atoms with Gasteiger partial charge in [0.1, 0.15) is 5.75 Å². The summed E-state index contributed by atoms with van der Waals surface area (Å²) in [5.41, 5.74) is -6.66. The molecule has 10 heteroatoms. The fourth-order valence-corrected chi connectivity index (χ4v) is 1.80. The first kappa shape index (κ1) is 14.2. The molecule has 1 rings (SSSR count). The topological polar surface area (TPSA) is 105 Å². The zero-order valence-electron chi connectivity index (χ0n) is 8.47. The second-order valence-corrected chi connectivity index (χ2v) is 5.20. The third-order valence-corrected chi connectivity index (χ3v) is 3.25. The number of carboxylic acid groups (broad SMARTS) is 1. The number of alkyl halides is 3. The molecule has 0 aromatic carbocycles. The lowest BCUT2D eigenvalue weighted by atomic mass is 10.2. The number of carbonyl (C=O) groups is 1. The average molecular weight is 285 g/mol. The standard InChI is InChI=1S/C8H6F3NO5S/c9-8(10,11)18(16,17)3-4-1-5(13)6(7(14)15)12-2-4/h1-2,13H,3H2,(H,14,15). The molecule has 0 aliphatic rings. The highest BCUT2D eigenvalue weighted by Gasteiger charge is 2.45. The number of carboxylic acids is 1. The highest BCUT2D eigenvalue weighted by atomic mass is 32.2. The van der Waals surface area contributed by atoms with Crippen LogP contribution in [0.4, 0.5) is 13.2 Å². The molecule has 0 saturated carbocycles. The predicted octanol–water partition coefficient (Wildman–Crippen LogP) is 0.920. The summed E-state index contributed by atoms with van der Waals surface area (Å²) >= 11 is 0. The first-order valence-electron chi connectivity index (χ1n) is 4.25. The van der Waals surface area contributed by atoms with E-state index in [1.807, 2.05) is 0 Å². The van der Waals surface area contributed by atoms with Gasteiger partial charge in [0, 0.05) is 6.20 Å². The van der Waals surface area contributed by atoms with Crippen molar-refractivity contribution in [3.63, 3.8) is 0 Å². The van der Waals surface area contributed by atoms with Crippen LogP contribution in [0.1, 0.15) is 16.1 Å². The SMILES string of the molecule is O=C(O)c1ncc(CS(=O)(=O)C(F)(F)F)cc1O. The minimum Gasteiger partial charge on any atom is -0.505 e. The second kappa shape index (κ2) is 4.44. The average Bonchev–Trinajstić information content (AvgIpc) is 2.14. The van der Waals surface area contributed by atoms with Crippen LogP contribution < -0.4 is 0 Å². The van der Waals surface area contributed by atoms with Crippen molar-refractivity contribution in [1.82, 2.24) is 4.98 Å². The van der Waals surface area contributed by atoms with Crippen LogP contribution in [0.2, 0.25) is 0 Å². The lowest BCUT2D eigenvalue weighted by molar-refractivity contribution is -0.0437. The van der Waals surface area contributed by atoms with Crippen molar-refractivity contribution in [2.24, 2.45) is 0 Å². The van der Waals surface area contributed by atoms with E-state index in [-0.39, 0.29) is 0 Å². The van der Waals surface area contributed by atoms with E-state index >= 15 is 0 Å². The van der Waals surface area contributed by atoms with E-state index in [4.69, 9.17) is 10.2 Å². The zero-order valence-corrected chi connectivity index (χ0v) is 9.29. The summed E-state index contributed by atoms with van der Waals surface area (Å²) in [5.74, 6) is -3.91. The fourth-order valence-electron chi connectivity index (χ4n) is 1.04. The van der Waals surface area contributed by atoms with Gasteiger partial charge in [0.25, 0.3) is 9.84 Å². The second-order valence-electron chi connectivity index (χ2n) is 3.22. The Morgan fingerprint density at radius 3 is 2.33 bits per heavy atom. The Labute approximate surface area is 98.6 Å². The highest BCUT2D eigenvalue weighted by molar-refractivity contribution is 7.91. The molecule has 0 unspecified atom stereocenters. The van der Waals surface area contributed by atoms with Gasteiger partial charge in [0.05, 0.1) is 5.75 Å². The van der Waals surface area contributed by atoms with Gasteiger partial charge in [-0.2, -0.15) is 13.2 Å². The van der Waals surface area contributed by atoms with Crippen molar-refractivity contribution < 1.29 is 36.6 Å². The summed E-state index contributed by atoms with van der Waals surface area (Å²) in [7, 11) is -5.40. The third-order valence-electron chi connectivity index (χ3n) is 1.84. The number of aromatic hydroxyl groups is 1. The van der Waals surface area contributed by atoms with E-state index in [1.165, 1.54) is 0 Å². The van der Waals surface area contributed by atoms with Crippen molar-refractivity contribution in [3.05, 3.63) is 23.5 Å². The largest absolute Gasteiger partial charge is 0.505 e. The van der Waals surface area contributed by atoms with Crippen molar-refractivity contribution in [3.8, 4) is 5.75 Å². The molecule has 6 nitrogen and oxygen atoms in total. The van der Waals surface area contributed by atoms with E-state index in [2.05, 4.69) is 4.98 Å². The van der Waals surface area contributed by atoms with Crippen molar-refractivity contribution >= 4 is 15.8 Å². The van der Waals surface area contributed by atoms with Crippen LogP contribution in [-0.4, -0.2) is 35.1 Å². The summed E-state index contributed by atoms with van der Waals surface area (Å²) in [5, 5.41) is 17.6. The lowest BCUT2D eigenvalue weighted by Crippen LogP contribution is -2.24. The van der Waals surface area contributed by atoms with Gasteiger partial charge in [0.15, 0.2) is 5.69 Å². The Morgan fingerprint density at radius 2 is 1.94 bits per heavy atom. The van der Waals surface area contributed by atoms with E-state index < -0.39 is 44.1 Å². The minimum absolute atomic E-state index is 0.463. The monoisotopic (exact) mass is 285 g/mol. The number of rotatable bonds is 3. The van der Waals surface area contributed by atoms with Gasteiger partial charge < -0.3 is 10.2 Å². The fraction of sp³-hybridized carbons (Fsp3) is 0.250. The van der Waals surface area contributed by atoms with Gasteiger partial charge in [0.2, 0.25) is 0 Å². The summed E-state index contributed by atoms with van der Waals surface area (Å²) < 4.78 is 57.8. The van der Waals surface area contributed by atoms with Crippen LogP contribution >= 0.6 is 0 Å². The van der Waals surface area contributed by atoms with E-state index in [0.717, 1.165) is 0 Å². The molecule has 1 aromatic rings. The number of hydrogen-bond acceptors (Lipinski definition) is 5. The molecular weight excluding hydrogens is 279 g/mol. The number of pyridine rings is 1. The van der Waals surface area contributed by atoms with E-state index in [0.29, 0.717) is 12.3 Å². The highest BCUT2D eigenvalue weighted by Crippen LogP contribution is 2.27. The molecule has 100 valence electrons. The quantitative estimate of drug-likeness (QED) is 0.855. The van der Waals surface area contributed by atoms with E-state index in [9.17, 15) is 26.4 Å². The lowest BCUT2D eigenvalue weighted by Gasteiger charge is -2.08. The van der Waals surface area contributed by atoms with Gasteiger partial charge in [-0.1, -0.05) is 0 Å². The van der Waals surface area contributed by atoms with E-state index in [1.54, 1.807) is 0 Å². The minimum atomic E-state index is -5.42. The van der Waals surface area contributed by atoms with Gasteiger partial charge in [-0.15, -0.1) is 0 Å². The van der Waals surface area contributed by atoms with Crippen LogP contribution in [-0.2, 0) is 15.6 Å². The molecule has 0 bridgehead atoms. The Balaban J connectivity index is 3.09. The number of halogens is 3. The number of aromatic carboxylic acids is 1. The summed E-state index contributed by atoms with van der Waals surface area (Å²) in [6, 6.07) is 0.611. The number of nitrogens with zero attached hydrogens (tertiary/aromatic N) is 1. The molecule has 0 spiro atoms. The smallest absolute Gasteiger partial charge is 0.497 e. The molecule has 1 heterocycles. The maximum Gasteiger partial charge on any atom is 0.497 e. The Bertz CT molecular complexity index is 581. The normalized spacial score (nSPS) is 12.4. The van der Waals surface area contributed by atoms with Crippen molar-refractivity contribution in [2.75, 3.05) is 0 Å². The third kappa shape index (κ3) is 2.88. The molecule has 0 aliphatic heterocycles. The van der Waals surface area contributed by atoms with Crippen LogP contribution in [0.5, 0.6) is 5.75 Å². The van der Waals surface area contributed by atoms with Crippen LogP contribution in [0.3, 0.4) is 0 Å². The van der Waals surface area contributed by atoms with Crippen LogP contribution in [0.25, 0.3) is 0 Å². The van der Waals surface area contributed by atoms with Crippen LogP contribution in [0, 0.1) is 0 Å². The first-order chi connectivity index (χ1) is 8.04. The molecule has 0 atom stereocenters. The Morgan fingerprint density at radius 1 is 1.39 bits per heavy atom. The Hall–Kier alpha value is -1.84. The molecule has 1 aromatic heterocycles. The number of aromatic nitrogens is 1. The maximum absolute atomic E-state index is 12.1. The predicted molar refractivity (Wildman–Crippen MR) is 51.5 cm³/mol. The van der Waals surface area contributed by atoms with Gasteiger partial charge >= 0.3 is 11.5 Å². The van der Waals surface area contributed by atoms with Gasteiger partial charge in [-0.25, -0.2) is 18.2 Å².